The Labute approximate surface area is 255 Å². The van der Waals surface area contributed by atoms with E-state index in [1.165, 1.54) is 135 Å². The van der Waals surface area contributed by atoms with Crippen LogP contribution in [0.25, 0.3) is 0 Å². The summed E-state index contributed by atoms with van der Waals surface area (Å²) in [6.07, 6.45) is 32.2. The molecule has 0 unspecified atom stereocenters. The second kappa shape index (κ2) is 32.0. The third kappa shape index (κ3) is 34.3. The van der Waals surface area contributed by atoms with E-state index in [1.807, 2.05) is 0 Å². The van der Waals surface area contributed by atoms with Gasteiger partial charge >= 0.3 is 9.53 Å². The van der Waals surface area contributed by atoms with E-state index in [9.17, 15) is 0 Å². The smallest absolute Gasteiger partial charge is 0.376 e. The standard InChI is InChI=1S/C36H76O3Si/c1-34(2)28-22-16-10-7-13-19-25-31-37-40(38-32-26-20-14-8-11-17-23-29-35(3)4)39-33-27-21-15-9-12-18-24-30-36(5)6/h34-36,40H,7-33H2,1-6H3. The summed E-state index contributed by atoms with van der Waals surface area (Å²) in [5, 5.41) is 0. The predicted molar refractivity (Wildman–Crippen MR) is 180 cm³/mol. The van der Waals surface area contributed by atoms with Crippen LogP contribution < -0.4 is 0 Å². The molecule has 0 rings (SSSR count). The number of unbranched alkanes of at least 4 members (excludes halogenated alkanes) is 18. The molecule has 0 bridgehead atoms. The molecule has 0 aliphatic carbocycles. The van der Waals surface area contributed by atoms with E-state index >= 15 is 0 Å². The summed E-state index contributed by atoms with van der Waals surface area (Å²) in [5.74, 6) is 2.56. The molecule has 0 N–H and O–H groups in total. The van der Waals surface area contributed by atoms with Crippen LogP contribution in [-0.2, 0) is 13.3 Å². The van der Waals surface area contributed by atoms with Crippen LogP contribution in [0.15, 0.2) is 0 Å². The number of rotatable bonds is 33. The fourth-order valence-corrected chi connectivity index (χ4v) is 6.66. The van der Waals surface area contributed by atoms with Crippen molar-refractivity contribution >= 4 is 9.53 Å². The molecule has 0 atom stereocenters. The van der Waals surface area contributed by atoms with Crippen LogP contribution in [0, 0.1) is 17.8 Å². The molecule has 0 heterocycles. The van der Waals surface area contributed by atoms with E-state index in [-0.39, 0.29) is 0 Å². The highest BCUT2D eigenvalue weighted by molar-refractivity contribution is 6.36. The zero-order chi connectivity index (χ0) is 29.5. The van der Waals surface area contributed by atoms with Gasteiger partial charge in [0.05, 0.1) is 0 Å². The van der Waals surface area contributed by atoms with Crippen molar-refractivity contribution in [3.05, 3.63) is 0 Å². The van der Waals surface area contributed by atoms with Gasteiger partial charge in [0.2, 0.25) is 0 Å². The SMILES string of the molecule is CC(C)CCCCCCCCCO[SiH](OCCCCCCCCCC(C)C)OCCCCCCCCCC(C)C. The minimum absolute atomic E-state index is 0.816. The van der Waals surface area contributed by atoms with Crippen molar-refractivity contribution < 1.29 is 13.3 Å². The minimum atomic E-state index is -1.99. The predicted octanol–water partition coefficient (Wildman–Crippen LogP) is 12.1. The van der Waals surface area contributed by atoms with Crippen molar-refractivity contribution in [2.75, 3.05) is 19.8 Å². The van der Waals surface area contributed by atoms with Gasteiger partial charge in [-0.05, 0) is 37.0 Å². The van der Waals surface area contributed by atoms with E-state index in [0.29, 0.717) is 0 Å². The molecule has 0 fully saturated rings. The van der Waals surface area contributed by atoms with Gasteiger partial charge in [-0.1, -0.05) is 176 Å². The molecule has 0 amide bonds. The molecular weight excluding hydrogens is 508 g/mol. The van der Waals surface area contributed by atoms with Gasteiger partial charge in [-0.25, -0.2) is 0 Å². The van der Waals surface area contributed by atoms with Crippen LogP contribution in [0.2, 0.25) is 0 Å². The normalized spacial score (nSPS) is 12.2. The van der Waals surface area contributed by atoms with Gasteiger partial charge in [-0.2, -0.15) is 0 Å². The van der Waals surface area contributed by atoms with Gasteiger partial charge in [0.25, 0.3) is 0 Å². The lowest BCUT2D eigenvalue weighted by Gasteiger charge is -2.17. The lowest BCUT2D eigenvalue weighted by Crippen LogP contribution is -2.28. The van der Waals surface area contributed by atoms with Crippen molar-refractivity contribution in [2.24, 2.45) is 17.8 Å². The summed E-state index contributed by atoms with van der Waals surface area (Å²) in [7, 11) is -1.99. The van der Waals surface area contributed by atoms with E-state index in [4.69, 9.17) is 13.3 Å². The van der Waals surface area contributed by atoms with Crippen LogP contribution >= 0.6 is 0 Å². The quantitative estimate of drug-likeness (QED) is 0.0567. The molecule has 0 aromatic carbocycles. The van der Waals surface area contributed by atoms with Crippen molar-refractivity contribution in [1.82, 2.24) is 0 Å². The molecule has 0 spiro atoms. The van der Waals surface area contributed by atoms with Crippen LogP contribution in [-0.4, -0.2) is 29.3 Å². The Morgan fingerprint density at radius 1 is 0.300 bits per heavy atom. The summed E-state index contributed by atoms with van der Waals surface area (Å²) < 4.78 is 18.6. The molecule has 0 aromatic rings. The van der Waals surface area contributed by atoms with Crippen LogP contribution in [0.5, 0.6) is 0 Å². The van der Waals surface area contributed by atoms with Crippen LogP contribution in [0.1, 0.15) is 196 Å². The van der Waals surface area contributed by atoms with E-state index in [2.05, 4.69) is 41.5 Å². The Bertz CT molecular complexity index is 402. The first-order chi connectivity index (χ1) is 19.4. The average Bonchev–Trinajstić information content (AvgIpc) is 2.90. The van der Waals surface area contributed by atoms with Gasteiger partial charge in [0, 0.05) is 19.8 Å². The second-order valence-corrected chi connectivity index (χ2v) is 15.5. The maximum absolute atomic E-state index is 6.19. The summed E-state index contributed by atoms with van der Waals surface area (Å²) in [6, 6.07) is 0. The maximum Gasteiger partial charge on any atom is 0.484 e. The van der Waals surface area contributed by atoms with Crippen molar-refractivity contribution in [3.8, 4) is 0 Å². The maximum atomic E-state index is 6.19. The summed E-state index contributed by atoms with van der Waals surface area (Å²) in [6.45, 7) is 16.4. The Balaban J connectivity index is 3.93. The van der Waals surface area contributed by atoms with Gasteiger partial charge in [-0.15, -0.1) is 0 Å². The molecule has 0 saturated heterocycles. The van der Waals surface area contributed by atoms with Crippen LogP contribution in [0.4, 0.5) is 0 Å². The Kier molecular flexibility index (Phi) is 32.1. The van der Waals surface area contributed by atoms with Gasteiger partial charge in [0.1, 0.15) is 0 Å². The topological polar surface area (TPSA) is 27.7 Å². The van der Waals surface area contributed by atoms with Crippen LogP contribution in [0.3, 0.4) is 0 Å². The van der Waals surface area contributed by atoms with E-state index in [0.717, 1.165) is 56.8 Å². The first kappa shape index (κ1) is 40.1. The summed E-state index contributed by atoms with van der Waals surface area (Å²) in [4.78, 5) is 0. The van der Waals surface area contributed by atoms with E-state index in [1.54, 1.807) is 0 Å². The minimum Gasteiger partial charge on any atom is -0.376 e. The lowest BCUT2D eigenvalue weighted by molar-refractivity contribution is 0.0885. The van der Waals surface area contributed by atoms with Crippen molar-refractivity contribution in [1.29, 1.82) is 0 Å². The molecule has 4 heteroatoms. The molecule has 0 saturated carbocycles. The Hall–Kier alpha value is 0.0969. The Morgan fingerprint density at radius 2 is 0.500 bits per heavy atom. The van der Waals surface area contributed by atoms with Gasteiger partial charge in [0.15, 0.2) is 0 Å². The molecule has 40 heavy (non-hydrogen) atoms. The lowest BCUT2D eigenvalue weighted by atomic mass is 10.0. The van der Waals surface area contributed by atoms with E-state index < -0.39 is 9.53 Å². The zero-order valence-corrected chi connectivity index (χ0v) is 29.8. The molecule has 242 valence electrons. The molecular formula is C36H76O3Si. The Morgan fingerprint density at radius 3 is 0.725 bits per heavy atom. The number of hydrogen-bond donors (Lipinski definition) is 0. The molecule has 0 aliphatic heterocycles. The zero-order valence-electron chi connectivity index (χ0n) is 28.6. The molecule has 0 aromatic heterocycles. The third-order valence-corrected chi connectivity index (χ3v) is 9.56. The second-order valence-electron chi connectivity index (χ2n) is 13.9. The van der Waals surface area contributed by atoms with Crippen molar-refractivity contribution in [2.45, 2.75) is 196 Å². The molecule has 0 radical (unpaired) electrons. The first-order valence-electron chi connectivity index (χ1n) is 18.3. The first-order valence-corrected chi connectivity index (χ1v) is 19.7. The van der Waals surface area contributed by atoms with Gasteiger partial charge < -0.3 is 13.3 Å². The highest BCUT2D eigenvalue weighted by Gasteiger charge is 2.15. The van der Waals surface area contributed by atoms with Crippen molar-refractivity contribution in [3.63, 3.8) is 0 Å². The number of hydrogen-bond acceptors (Lipinski definition) is 3. The molecule has 0 aliphatic rings. The fraction of sp³-hybridized carbons (Fsp3) is 1.00. The van der Waals surface area contributed by atoms with Gasteiger partial charge in [-0.3, -0.25) is 0 Å². The molecule has 3 nitrogen and oxygen atoms in total. The monoisotopic (exact) mass is 585 g/mol. The fourth-order valence-electron chi connectivity index (χ4n) is 5.30. The summed E-state index contributed by atoms with van der Waals surface area (Å²) in [5.41, 5.74) is 0. The highest BCUT2D eigenvalue weighted by Crippen LogP contribution is 2.15. The third-order valence-electron chi connectivity index (χ3n) is 8.04. The average molecular weight is 585 g/mol. The largest absolute Gasteiger partial charge is 0.484 e. The highest BCUT2D eigenvalue weighted by atomic mass is 28.3. The summed E-state index contributed by atoms with van der Waals surface area (Å²) >= 11 is 0.